The van der Waals surface area contributed by atoms with E-state index in [0.717, 1.165) is 0 Å². The molecule has 0 bridgehead atoms. The number of ether oxygens (including phenoxy) is 2. The Balaban J connectivity index is 1.91. The second kappa shape index (κ2) is 12.0. The summed E-state index contributed by atoms with van der Waals surface area (Å²) in [6.45, 7) is -1.05. The van der Waals surface area contributed by atoms with Crippen LogP contribution in [-0.4, -0.2) is 50.7 Å². The van der Waals surface area contributed by atoms with Crippen LogP contribution in [0.5, 0.6) is 11.5 Å². The lowest BCUT2D eigenvalue weighted by Crippen LogP contribution is -2.21. The summed E-state index contributed by atoms with van der Waals surface area (Å²) in [5.41, 5.74) is 1.91. The molecule has 0 fully saturated rings. The van der Waals surface area contributed by atoms with E-state index in [2.05, 4.69) is 37.0 Å². The molecule has 1 heterocycles. The van der Waals surface area contributed by atoms with E-state index >= 15 is 0 Å². The summed E-state index contributed by atoms with van der Waals surface area (Å²) in [7, 11) is 3.15. The van der Waals surface area contributed by atoms with Crippen LogP contribution in [0, 0.1) is 16.6 Å². The SMILES string of the molecule is C=IS(=N)(=O)c1ccc(Nc2ncc(C#Cc3cc(OC)cc(OC)c3)c(N[C@H](C)CO)n2)cc1. The van der Waals surface area contributed by atoms with Gasteiger partial charge >= 0.3 is 0 Å². The van der Waals surface area contributed by atoms with Crippen LogP contribution in [0.1, 0.15) is 18.1 Å². The predicted molar refractivity (Wildman–Crippen MR) is 148 cm³/mol. The number of nitrogens with zero attached hydrogens (tertiary/aromatic N) is 2. The maximum absolute atomic E-state index is 12.2. The number of hydrogen-bond donors (Lipinski definition) is 4. The minimum atomic E-state index is -2.78. The van der Waals surface area contributed by atoms with Crippen LogP contribution < -0.4 is 20.1 Å². The summed E-state index contributed by atoms with van der Waals surface area (Å²) in [5.74, 6) is 8.17. The lowest BCUT2D eigenvalue weighted by atomic mass is 10.2. The maximum atomic E-state index is 12.2. The number of rotatable bonds is 9. The molecule has 0 aliphatic rings. The van der Waals surface area contributed by atoms with Crippen molar-refractivity contribution in [3.8, 4) is 23.3 Å². The summed E-state index contributed by atoms with van der Waals surface area (Å²) in [6.07, 6.45) is 1.59. The van der Waals surface area contributed by atoms with Crippen LogP contribution in [0.25, 0.3) is 0 Å². The number of benzene rings is 2. The van der Waals surface area contributed by atoms with Crippen molar-refractivity contribution in [3.63, 3.8) is 0 Å². The van der Waals surface area contributed by atoms with Crippen LogP contribution in [0.3, 0.4) is 0 Å². The van der Waals surface area contributed by atoms with E-state index in [1.807, 2.05) is 6.92 Å². The normalized spacial score (nSPS) is 13.0. The second-order valence-corrected chi connectivity index (χ2v) is 14.5. The fourth-order valence-electron chi connectivity index (χ4n) is 2.85. The first-order valence-corrected chi connectivity index (χ1v) is 16.0. The summed E-state index contributed by atoms with van der Waals surface area (Å²) < 4.78 is 34.4. The highest BCUT2D eigenvalue weighted by Gasteiger charge is 2.11. The fraction of sp³-hybridized carbons (Fsp3) is 0.208. The molecule has 0 aliphatic carbocycles. The lowest BCUT2D eigenvalue weighted by Gasteiger charge is -2.14. The minimum Gasteiger partial charge on any atom is -0.497 e. The Morgan fingerprint density at radius 2 is 1.83 bits per heavy atom. The molecule has 1 aromatic heterocycles. The van der Waals surface area contributed by atoms with E-state index in [4.69, 9.17) is 14.3 Å². The Morgan fingerprint density at radius 3 is 2.40 bits per heavy atom. The Labute approximate surface area is 213 Å². The molecule has 0 saturated carbocycles. The van der Waals surface area contributed by atoms with Crippen molar-refractivity contribution >= 4 is 48.2 Å². The number of aliphatic hydroxyl groups excluding tert-OH is 1. The van der Waals surface area contributed by atoms with Crippen molar-refractivity contribution in [2.45, 2.75) is 17.9 Å². The van der Waals surface area contributed by atoms with Crippen LogP contribution in [-0.2, 0) is 6.90 Å². The summed E-state index contributed by atoms with van der Waals surface area (Å²) in [6, 6.07) is 11.8. The molecule has 11 heteroatoms. The average molecular weight is 607 g/mol. The van der Waals surface area contributed by atoms with Crippen molar-refractivity contribution in [3.05, 3.63) is 59.8 Å². The monoisotopic (exact) mass is 607 g/mol. The predicted octanol–water partition coefficient (Wildman–Crippen LogP) is 4.15. The zero-order valence-corrected chi connectivity index (χ0v) is 22.4. The molecule has 2 aromatic carbocycles. The molecule has 3 aromatic rings. The number of halogens is 1. The number of hydrogen-bond acceptors (Lipinski definition) is 9. The van der Waals surface area contributed by atoms with Gasteiger partial charge in [0.05, 0.1) is 37.5 Å². The highest BCUT2D eigenvalue weighted by Crippen LogP contribution is 2.25. The number of aliphatic hydroxyl groups is 1. The quantitative estimate of drug-likeness (QED) is 0.162. The van der Waals surface area contributed by atoms with Crippen LogP contribution >= 0.6 is 19.3 Å². The van der Waals surface area contributed by atoms with Gasteiger partial charge in [-0.3, -0.25) is 0 Å². The van der Waals surface area contributed by atoms with Crippen molar-refractivity contribution in [2.75, 3.05) is 31.5 Å². The Hall–Kier alpha value is -3.21. The van der Waals surface area contributed by atoms with Crippen molar-refractivity contribution in [1.29, 1.82) is 4.78 Å². The van der Waals surface area contributed by atoms with Gasteiger partial charge < -0.3 is 25.2 Å². The largest absolute Gasteiger partial charge is 0.497 e. The number of aromatic nitrogens is 2. The molecular weight excluding hydrogens is 581 g/mol. The van der Waals surface area contributed by atoms with Gasteiger partial charge in [-0.2, -0.15) is 4.98 Å². The van der Waals surface area contributed by atoms with E-state index in [1.54, 1.807) is 62.9 Å². The summed E-state index contributed by atoms with van der Waals surface area (Å²) in [4.78, 5) is 9.35. The van der Waals surface area contributed by atoms with Gasteiger partial charge in [0.1, 0.15) is 24.2 Å². The summed E-state index contributed by atoms with van der Waals surface area (Å²) in [5, 5.41) is 15.7. The lowest BCUT2D eigenvalue weighted by molar-refractivity contribution is 0.281. The molecule has 35 heavy (non-hydrogen) atoms. The summed E-state index contributed by atoms with van der Waals surface area (Å²) >= 11 is -0.979. The molecular formula is C24H26IN5O4S. The number of nitrogens with one attached hydrogen (secondary N) is 3. The van der Waals surface area contributed by atoms with Gasteiger partial charge in [-0.05, 0) is 62.7 Å². The Bertz CT molecular complexity index is 1350. The minimum absolute atomic E-state index is 0.0878. The molecule has 9 nitrogen and oxygen atoms in total. The molecule has 184 valence electrons. The third-order valence-electron chi connectivity index (χ3n) is 4.71. The molecule has 0 aliphatic heterocycles. The van der Waals surface area contributed by atoms with E-state index in [1.165, 1.54) is 0 Å². The van der Waals surface area contributed by atoms with Crippen LogP contribution in [0.4, 0.5) is 17.5 Å². The number of methoxy groups -OCH3 is 2. The first kappa shape index (κ1) is 26.4. The topological polar surface area (TPSA) is 129 Å². The van der Waals surface area contributed by atoms with Crippen molar-refractivity contribution < 1.29 is 18.8 Å². The molecule has 4 N–H and O–H groups in total. The van der Waals surface area contributed by atoms with Gasteiger partial charge in [0.25, 0.3) is 0 Å². The highest BCUT2D eigenvalue weighted by molar-refractivity contribution is 14.2. The fourth-order valence-corrected chi connectivity index (χ4v) is 5.42. The van der Waals surface area contributed by atoms with Gasteiger partial charge in [-0.15, -0.1) is 0 Å². The van der Waals surface area contributed by atoms with Crippen LogP contribution in [0.15, 0.2) is 53.6 Å². The highest BCUT2D eigenvalue weighted by atomic mass is 127. The molecule has 0 saturated heterocycles. The zero-order valence-electron chi connectivity index (χ0n) is 19.5. The van der Waals surface area contributed by atoms with Gasteiger partial charge in [-0.25, -0.2) is 14.0 Å². The van der Waals surface area contributed by atoms with Gasteiger partial charge in [0, 0.05) is 23.4 Å². The Kier molecular flexibility index (Phi) is 9.02. The standard InChI is InChI=1S/C24H26IN5O4S/c1-16(15-31)28-23-18(6-5-17-11-20(33-3)13-21(12-17)34-4)14-27-24(30-23)29-19-7-9-22(10-8-19)35(26,32)25-2/h7-14,16,26,31H,2,15H2,1,3-4H3,(H2,27,28,29,30)/t16-,35?/m1/s1. The number of anilines is 3. The smallest absolute Gasteiger partial charge is 0.229 e. The molecule has 3 rings (SSSR count). The Morgan fingerprint density at radius 1 is 1.17 bits per heavy atom. The van der Waals surface area contributed by atoms with Crippen LogP contribution in [0.2, 0.25) is 0 Å². The molecule has 0 amide bonds. The molecule has 0 spiro atoms. The van der Waals surface area contributed by atoms with Crippen molar-refractivity contribution in [2.24, 2.45) is 0 Å². The van der Waals surface area contributed by atoms with Gasteiger partial charge in [0.2, 0.25) is 5.95 Å². The molecule has 0 radical (unpaired) electrons. The van der Waals surface area contributed by atoms with E-state index in [0.29, 0.717) is 45.0 Å². The average Bonchev–Trinajstić information content (AvgIpc) is 2.88. The third-order valence-corrected chi connectivity index (χ3v) is 10.0. The first-order chi connectivity index (χ1) is 16.8. The van der Waals surface area contributed by atoms with E-state index in [9.17, 15) is 9.32 Å². The van der Waals surface area contributed by atoms with Gasteiger partial charge in [0.15, 0.2) is 0 Å². The first-order valence-electron chi connectivity index (χ1n) is 10.3. The second-order valence-electron chi connectivity index (χ2n) is 7.28. The maximum Gasteiger partial charge on any atom is 0.229 e. The van der Waals surface area contributed by atoms with E-state index < -0.39 is 26.2 Å². The van der Waals surface area contributed by atoms with Crippen molar-refractivity contribution in [1.82, 2.24) is 9.97 Å². The van der Waals surface area contributed by atoms with Gasteiger partial charge in [-0.1, -0.05) is 16.4 Å². The third kappa shape index (κ3) is 7.14. The molecule has 2 atom stereocenters. The molecule has 1 unspecified atom stereocenters. The van der Waals surface area contributed by atoms with E-state index in [-0.39, 0.29) is 12.6 Å². The zero-order chi connectivity index (χ0) is 25.4.